The lowest BCUT2D eigenvalue weighted by Crippen LogP contribution is -2.48. The second kappa shape index (κ2) is 7.58. The molecule has 1 saturated heterocycles. The van der Waals surface area contributed by atoms with Gasteiger partial charge in [-0.05, 0) is 24.5 Å². The molecular weight excluding hydrogens is 270 g/mol. The molecule has 2 aromatic rings. The van der Waals surface area contributed by atoms with E-state index in [9.17, 15) is 0 Å². The van der Waals surface area contributed by atoms with Gasteiger partial charge in [-0.3, -0.25) is 0 Å². The molecule has 0 unspecified atom stereocenters. The Bertz CT molecular complexity index is 469. The first-order chi connectivity index (χ1) is 10.1. The Hall–Kier alpha value is -1.38. The lowest BCUT2D eigenvalue weighted by molar-refractivity contribution is 0.527. The van der Waals surface area contributed by atoms with Crippen LogP contribution in [0.3, 0.4) is 0 Å². The van der Waals surface area contributed by atoms with Gasteiger partial charge in [-0.25, -0.2) is 0 Å². The summed E-state index contributed by atoms with van der Waals surface area (Å²) < 4.78 is 0. The average Bonchev–Trinajstić information content (AvgIpc) is 2.38. The van der Waals surface area contributed by atoms with Gasteiger partial charge in [-0.2, -0.15) is 0 Å². The molecule has 1 N–H and O–H groups in total. The number of hydrogen-bond acceptors (Lipinski definition) is 1. The molecule has 21 heavy (non-hydrogen) atoms. The van der Waals surface area contributed by atoms with Crippen LogP contribution in [0, 0.1) is 0 Å². The number of benzene rings is 2. The highest BCUT2D eigenvalue weighted by Gasteiger charge is 2.29. The first-order valence-corrected chi connectivity index (χ1v) is 9.63. The van der Waals surface area contributed by atoms with Gasteiger partial charge in [0.05, 0.1) is 0 Å². The highest BCUT2D eigenvalue weighted by molar-refractivity contribution is 6.87. The van der Waals surface area contributed by atoms with Crippen LogP contribution >= 0.6 is 0 Å². The van der Waals surface area contributed by atoms with Crippen LogP contribution in [0.1, 0.15) is 27.2 Å². The van der Waals surface area contributed by atoms with Gasteiger partial charge < -0.3 is 5.32 Å². The van der Waals surface area contributed by atoms with Crippen molar-refractivity contribution in [1.29, 1.82) is 0 Å². The zero-order chi connectivity index (χ0) is 15.1. The number of nitrogens with one attached hydrogen (secondary N) is 1. The second-order valence-corrected chi connectivity index (χ2v) is 10.7. The van der Waals surface area contributed by atoms with Crippen LogP contribution in [0.4, 0.5) is 0 Å². The van der Waals surface area contributed by atoms with Crippen molar-refractivity contribution in [2.24, 2.45) is 0 Å². The summed E-state index contributed by atoms with van der Waals surface area (Å²) in [5, 5.41) is 6.54. The van der Waals surface area contributed by atoms with E-state index < -0.39 is 8.80 Å². The molecular formula is C19H27NSi. The highest BCUT2D eigenvalue weighted by atomic mass is 28.3. The van der Waals surface area contributed by atoms with E-state index >= 15 is 0 Å². The second-order valence-electron chi connectivity index (χ2n) is 6.72. The van der Waals surface area contributed by atoms with Gasteiger partial charge >= 0.3 is 0 Å². The van der Waals surface area contributed by atoms with Crippen molar-refractivity contribution in [2.75, 3.05) is 13.1 Å². The van der Waals surface area contributed by atoms with Gasteiger partial charge in [0.1, 0.15) is 8.80 Å². The van der Waals surface area contributed by atoms with Crippen LogP contribution in [0.5, 0.6) is 0 Å². The van der Waals surface area contributed by atoms with E-state index in [1.807, 2.05) is 0 Å². The topological polar surface area (TPSA) is 12.0 Å². The van der Waals surface area contributed by atoms with Crippen LogP contribution in [0.2, 0.25) is 5.04 Å². The molecule has 0 saturated carbocycles. The minimum absolute atomic E-state index is 0.364. The molecule has 0 bridgehead atoms. The molecule has 2 aromatic carbocycles. The third kappa shape index (κ3) is 4.83. The Balaban J connectivity index is 0.000000347. The van der Waals surface area contributed by atoms with E-state index in [1.54, 1.807) is 0 Å². The molecule has 1 aliphatic heterocycles. The summed E-state index contributed by atoms with van der Waals surface area (Å²) in [6, 6.07) is 22.0. The maximum absolute atomic E-state index is 3.11. The van der Waals surface area contributed by atoms with E-state index in [0.29, 0.717) is 5.04 Å². The normalized spacial score (nSPS) is 14.1. The summed E-state index contributed by atoms with van der Waals surface area (Å²) in [6.07, 6.45) is 1.39. The van der Waals surface area contributed by atoms with Crippen LogP contribution < -0.4 is 15.7 Å². The summed E-state index contributed by atoms with van der Waals surface area (Å²) >= 11 is 0. The molecule has 3 rings (SSSR count). The van der Waals surface area contributed by atoms with Crippen LogP contribution in [-0.2, 0) is 0 Å². The Labute approximate surface area is 131 Å². The largest absolute Gasteiger partial charge is 0.317 e. The van der Waals surface area contributed by atoms with Crippen molar-refractivity contribution in [2.45, 2.75) is 32.2 Å². The first-order valence-electron chi connectivity index (χ1n) is 7.89. The van der Waals surface area contributed by atoms with Crippen molar-refractivity contribution < 1.29 is 0 Å². The summed E-state index contributed by atoms with van der Waals surface area (Å²) in [5.41, 5.74) is 0. The monoisotopic (exact) mass is 297 g/mol. The quantitative estimate of drug-likeness (QED) is 0.841. The van der Waals surface area contributed by atoms with Crippen LogP contribution in [0.25, 0.3) is 0 Å². The summed E-state index contributed by atoms with van der Waals surface area (Å²) in [5.74, 6) is 0. The Morgan fingerprint density at radius 2 is 1.10 bits per heavy atom. The lowest BCUT2D eigenvalue weighted by atomic mass is 10.2. The predicted molar refractivity (Wildman–Crippen MR) is 96.5 cm³/mol. The average molecular weight is 298 g/mol. The molecule has 0 aliphatic carbocycles. The third-order valence-electron chi connectivity index (χ3n) is 3.84. The molecule has 0 atom stereocenters. The fourth-order valence-electron chi connectivity index (χ4n) is 2.66. The Morgan fingerprint density at radius 1 is 0.762 bits per heavy atom. The maximum atomic E-state index is 3.11. The predicted octanol–water partition coefficient (Wildman–Crippen LogP) is 2.81. The van der Waals surface area contributed by atoms with Crippen LogP contribution in [-0.4, -0.2) is 21.9 Å². The molecule has 0 spiro atoms. The Morgan fingerprint density at radius 3 is 1.33 bits per heavy atom. The molecule has 2 heteroatoms. The van der Waals surface area contributed by atoms with Crippen molar-refractivity contribution in [1.82, 2.24) is 5.32 Å². The van der Waals surface area contributed by atoms with Gasteiger partial charge in [-0.1, -0.05) is 91.8 Å². The van der Waals surface area contributed by atoms with E-state index in [4.69, 9.17) is 0 Å². The van der Waals surface area contributed by atoms with Gasteiger partial charge in [0, 0.05) is 0 Å². The lowest BCUT2D eigenvalue weighted by Gasteiger charge is -2.30. The maximum Gasteiger partial charge on any atom is 0.108 e. The smallest absolute Gasteiger partial charge is 0.108 e. The van der Waals surface area contributed by atoms with Gasteiger partial charge in [-0.15, -0.1) is 0 Å². The first kappa shape index (κ1) is 16.0. The highest BCUT2D eigenvalue weighted by Crippen LogP contribution is 2.26. The SMILES string of the molecule is C1CNC1.CC(C)(C)[SiH](c1ccccc1)c1ccccc1. The third-order valence-corrected chi connectivity index (χ3v) is 7.67. The van der Waals surface area contributed by atoms with Crippen molar-refractivity contribution in [3.63, 3.8) is 0 Å². The van der Waals surface area contributed by atoms with Crippen molar-refractivity contribution in [3.05, 3.63) is 60.7 Å². The molecule has 1 aliphatic rings. The molecule has 0 aromatic heterocycles. The Kier molecular flexibility index (Phi) is 5.77. The molecule has 0 amide bonds. The zero-order valence-electron chi connectivity index (χ0n) is 13.5. The van der Waals surface area contributed by atoms with Crippen LogP contribution in [0.15, 0.2) is 60.7 Å². The van der Waals surface area contributed by atoms with Gasteiger partial charge in [0.15, 0.2) is 0 Å². The van der Waals surface area contributed by atoms with Gasteiger partial charge in [0.2, 0.25) is 0 Å². The van der Waals surface area contributed by atoms with E-state index in [-0.39, 0.29) is 0 Å². The van der Waals surface area contributed by atoms with E-state index in [1.165, 1.54) is 29.9 Å². The molecule has 1 fully saturated rings. The minimum Gasteiger partial charge on any atom is -0.317 e. The van der Waals surface area contributed by atoms with E-state index in [0.717, 1.165) is 0 Å². The summed E-state index contributed by atoms with van der Waals surface area (Å²) in [4.78, 5) is 0. The molecule has 112 valence electrons. The molecule has 0 radical (unpaired) electrons. The summed E-state index contributed by atoms with van der Waals surface area (Å²) in [7, 11) is -1.14. The fraction of sp³-hybridized carbons (Fsp3) is 0.368. The zero-order valence-corrected chi connectivity index (χ0v) is 14.6. The number of hydrogen-bond donors (Lipinski definition) is 1. The summed E-state index contributed by atoms with van der Waals surface area (Å²) in [6.45, 7) is 9.59. The van der Waals surface area contributed by atoms with E-state index in [2.05, 4.69) is 86.8 Å². The fourth-order valence-corrected chi connectivity index (χ4v) is 6.26. The van der Waals surface area contributed by atoms with Crippen molar-refractivity contribution in [3.8, 4) is 0 Å². The molecule has 1 heterocycles. The van der Waals surface area contributed by atoms with Gasteiger partial charge in [0.25, 0.3) is 0 Å². The standard InChI is InChI=1S/C16H20Si.C3H7N/c1-16(2,3)17(14-10-6-4-7-11-14)15-12-8-5-9-13-15;1-2-4-3-1/h4-13,17H,1-3H3;4H,1-3H2. The van der Waals surface area contributed by atoms with Crippen molar-refractivity contribution >= 4 is 19.2 Å². The number of rotatable bonds is 2. The molecule has 1 nitrogen and oxygen atoms in total. The minimum atomic E-state index is -1.14.